The molecule has 3 fully saturated rings. The lowest BCUT2D eigenvalue weighted by Gasteiger charge is -2.52. The maximum absolute atomic E-state index is 14.9. The van der Waals surface area contributed by atoms with Crippen LogP contribution in [0, 0.1) is 11.6 Å². The largest absolute Gasteiger partial charge is 0.497 e. The van der Waals surface area contributed by atoms with Crippen LogP contribution in [0.5, 0.6) is 5.75 Å². The quantitative estimate of drug-likeness (QED) is 0.524. The van der Waals surface area contributed by atoms with Crippen molar-refractivity contribution < 1.29 is 37.8 Å². The Bertz CT molecular complexity index is 1320. The fraction of sp³-hybridized carbons (Fsp3) is 0.407. The third-order valence-corrected chi connectivity index (χ3v) is 7.77. The Morgan fingerprint density at radius 2 is 1.62 bits per heavy atom. The van der Waals surface area contributed by atoms with Gasteiger partial charge in [0.1, 0.15) is 17.4 Å². The number of piperidine rings is 1. The molecule has 13 heteroatoms. The van der Waals surface area contributed by atoms with Crippen molar-refractivity contribution in [2.45, 2.75) is 30.8 Å². The number of benzene rings is 2. The van der Waals surface area contributed by atoms with Gasteiger partial charge in [-0.2, -0.15) is 0 Å². The van der Waals surface area contributed by atoms with Crippen molar-refractivity contribution in [1.29, 1.82) is 0 Å². The summed E-state index contributed by atoms with van der Waals surface area (Å²) in [6, 6.07) is 8.17. The number of ether oxygens (including phenoxy) is 1. The maximum atomic E-state index is 14.9. The molecule has 5 rings (SSSR count). The van der Waals surface area contributed by atoms with E-state index in [0.29, 0.717) is 11.4 Å². The number of hydrogen-bond donors (Lipinski definition) is 2. The van der Waals surface area contributed by atoms with E-state index in [1.807, 2.05) is 0 Å². The van der Waals surface area contributed by atoms with Gasteiger partial charge in [-0.25, -0.2) is 18.4 Å². The Hall–Kier alpha value is -4.42. The molecule has 0 radical (unpaired) electrons. The lowest BCUT2D eigenvalue weighted by Crippen LogP contribution is -2.71. The molecule has 2 N–H and O–H groups in total. The first-order chi connectivity index (χ1) is 19.1. The number of carbonyl (C=O) groups is 4. The van der Waals surface area contributed by atoms with E-state index in [2.05, 4.69) is 5.32 Å². The second kappa shape index (κ2) is 10.6. The third-order valence-electron chi connectivity index (χ3n) is 7.77. The maximum Gasteiger partial charge on any atom is 0.408 e. The summed E-state index contributed by atoms with van der Waals surface area (Å²) in [5, 5.41) is 12.0. The molecule has 0 saturated carbocycles. The molecule has 3 saturated heterocycles. The molecule has 2 aromatic rings. The predicted molar refractivity (Wildman–Crippen MR) is 140 cm³/mol. The van der Waals surface area contributed by atoms with Gasteiger partial charge in [-0.1, -0.05) is 0 Å². The highest BCUT2D eigenvalue weighted by atomic mass is 19.1. The first kappa shape index (κ1) is 27.2. The number of nitrogens with zero attached hydrogens (tertiary/aromatic N) is 4. The Morgan fingerprint density at radius 3 is 2.17 bits per heavy atom. The van der Waals surface area contributed by atoms with Crippen LogP contribution in [-0.4, -0.2) is 91.3 Å². The normalized spacial score (nSPS) is 19.4. The zero-order valence-corrected chi connectivity index (χ0v) is 22.0. The minimum atomic E-state index is -1.13. The van der Waals surface area contributed by atoms with Gasteiger partial charge in [-0.15, -0.1) is 0 Å². The molecule has 3 aliphatic rings. The molecule has 11 nitrogen and oxygen atoms in total. The van der Waals surface area contributed by atoms with E-state index in [-0.39, 0.29) is 56.3 Å². The number of carbonyl (C=O) groups excluding carboxylic acids is 3. The fourth-order valence-corrected chi connectivity index (χ4v) is 5.42. The number of carboxylic acid groups (broad SMARTS) is 1. The Labute approximate surface area is 228 Å². The summed E-state index contributed by atoms with van der Waals surface area (Å²) in [4.78, 5) is 54.4. The third kappa shape index (κ3) is 4.98. The topological polar surface area (TPSA) is 123 Å². The summed E-state index contributed by atoms with van der Waals surface area (Å²) >= 11 is 0. The van der Waals surface area contributed by atoms with Crippen molar-refractivity contribution >= 4 is 35.3 Å². The van der Waals surface area contributed by atoms with Crippen LogP contribution in [0.3, 0.4) is 0 Å². The van der Waals surface area contributed by atoms with Crippen LogP contribution >= 0.6 is 0 Å². The molecule has 40 heavy (non-hydrogen) atoms. The monoisotopic (exact) mass is 557 g/mol. The van der Waals surface area contributed by atoms with E-state index in [1.165, 1.54) is 9.80 Å². The number of urea groups is 1. The van der Waals surface area contributed by atoms with Crippen LogP contribution in [0.15, 0.2) is 36.4 Å². The van der Waals surface area contributed by atoms with Crippen molar-refractivity contribution in [3.8, 4) is 5.75 Å². The van der Waals surface area contributed by atoms with E-state index in [9.17, 15) is 33.1 Å². The molecule has 2 aromatic carbocycles. The number of rotatable bonds is 6. The summed E-state index contributed by atoms with van der Waals surface area (Å²) in [5.41, 5.74) is 0.526. The minimum Gasteiger partial charge on any atom is -0.497 e. The molecular formula is C27H29F2N5O6. The number of halogens is 2. The first-order valence-electron chi connectivity index (χ1n) is 12.8. The SMILES string of the molecule is COc1ccc(N(C)C(=O)N2CC(N(C(=O)O)C3CN(c4cc(F)c(C5CCC(=O)NC5=O)c(F)c4)C3)C2)cc1. The number of likely N-dealkylation sites (tertiary alicyclic amines) is 1. The smallest absolute Gasteiger partial charge is 0.408 e. The summed E-state index contributed by atoms with van der Waals surface area (Å²) in [6.45, 7) is 0.899. The molecule has 3 aliphatic heterocycles. The molecule has 1 unspecified atom stereocenters. The highest BCUT2D eigenvalue weighted by molar-refractivity contribution is 6.01. The fourth-order valence-electron chi connectivity index (χ4n) is 5.42. The molecular weight excluding hydrogens is 528 g/mol. The summed E-state index contributed by atoms with van der Waals surface area (Å²) in [7, 11) is 3.19. The van der Waals surface area contributed by atoms with Crippen molar-refractivity contribution in [3.05, 3.63) is 53.6 Å². The summed E-state index contributed by atoms with van der Waals surface area (Å²) in [5.74, 6) is -3.42. The van der Waals surface area contributed by atoms with Crippen molar-refractivity contribution in [2.24, 2.45) is 0 Å². The molecule has 0 aliphatic carbocycles. The summed E-state index contributed by atoms with van der Waals surface area (Å²) in [6.07, 6.45) is -1.11. The highest BCUT2D eigenvalue weighted by Gasteiger charge is 2.45. The van der Waals surface area contributed by atoms with Gasteiger partial charge in [0.05, 0.1) is 25.1 Å². The predicted octanol–water partition coefficient (Wildman–Crippen LogP) is 2.60. The number of anilines is 2. The van der Waals surface area contributed by atoms with Crippen LogP contribution < -0.4 is 19.9 Å². The Balaban J connectivity index is 1.19. The van der Waals surface area contributed by atoms with Crippen molar-refractivity contribution in [3.63, 3.8) is 0 Å². The number of nitrogens with one attached hydrogen (secondary N) is 1. The lowest BCUT2D eigenvalue weighted by molar-refractivity contribution is -0.134. The van der Waals surface area contributed by atoms with Crippen molar-refractivity contribution in [2.75, 3.05) is 50.1 Å². The van der Waals surface area contributed by atoms with E-state index < -0.39 is 47.5 Å². The standard InChI is InChI=1S/C27H29F2N5O6/c1-31(15-3-5-19(40-2)6-4-15)26(37)33-13-18(14-33)34(27(38)39)17-11-32(12-17)16-9-21(28)24(22(29)10-16)20-7-8-23(35)30-25(20)36/h3-6,9-10,17-18,20H,7-8,11-14H2,1-2H3,(H,38,39)(H,30,35,36). The van der Waals surface area contributed by atoms with E-state index in [1.54, 1.807) is 48.2 Å². The molecule has 212 valence electrons. The average molecular weight is 558 g/mol. The number of imide groups is 1. The number of hydrogen-bond acceptors (Lipinski definition) is 6. The van der Waals surface area contributed by atoms with Gasteiger partial charge in [0.15, 0.2) is 0 Å². The molecule has 0 aromatic heterocycles. The van der Waals surface area contributed by atoms with Gasteiger partial charge in [-0.3, -0.25) is 24.7 Å². The molecule has 0 spiro atoms. The van der Waals surface area contributed by atoms with E-state index in [0.717, 1.165) is 12.1 Å². The average Bonchev–Trinajstić information content (AvgIpc) is 2.86. The summed E-state index contributed by atoms with van der Waals surface area (Å²) < 4.78 is 35.0. The second-order valence-corrected chi connectivity index (χ2v) is 10.2. The molecule has 5 amide bonds. The number of amides is 5. The van der Waals surface area contributed by atoms with Gasteiger partial charge in [-0.05, 0) is 42.8 Å². The second-order valence-electron chi connectivity index (χ2n) is 10.2. The number of methoxy groups -OCH3 is 1. The van der Waals surface area contributed by atoms with Crippen molar-refractivity contribution in [1.82, 2.24) is 15.1 Å². The van der Waals surface area contributed by atoms with Gasteiger partial charge >= 0.3 is 12.1 Å². The minimum absolute atomic E-state index is 0.00215. The van der Waals surface area contributed by atoms with Gasteiger partial charge in [0.2, 0.25) is 11.8 Å². The van der Waals surface area contributed by atoms with Crippen LogP contribution in [0.1, 0.15) is 24.3 Å². The van der Waals surface area contributed by atoms with Crippen LogP contribution in [0.4, 0.5) is 29.7 Å². The zero-order valence-electron chi connectivity index (χ0n) is 22.0. The Morgan fingerprint density at radius 1 is 1.02 bits per heavy atom. The zero-order chi connectivity index (χ0) is 28.7. The first-order valence-corrected chi connectivity index (χ1v) is 12.8. The van der Waals surface area contributed by atoms with E-state index in [4.69, 9.17) is 4.74 Å². The molecule has 3 heterocycles. The van der Waals surface area contributed by atoms with Gasteiger partial charge < -0.3 is 19.6 Å². The van der Waals surface area contributed by atoms with Gasteiger partial charge in [0.25, 0.3) is 0 Å². The highest BCUT2D eigenvalue weighted by Crippen LogP contribution is 2.35. The van der Waals surface area contributed by atoms with Crippen LogP contribution in [0.25, 0.3) is 0 Å². The van der Waals surface area contributed by atoms with E-state index >= 15 is 0 Å². The molecule has 1 atom stereocenters. The lowest BCUT2D eigenvalue weighted by atomic mass is 9.89. The van der Waals surface area contributed by atoms with Crippen LogP contribution in [0.2, 0.25) is 0 Å². The van der Waals surface area contributed by atoms with Gasteiger partial charge in [0, 0.05) is 56.6 Å². The Kier molecular flexibility index (Phi) is 7.21. The van der Waals surface area contributed by atoms with Crippen LogP contribution in [-0.2, 0) is 9.59 Å². The molecule has 0 bridgehead atoms.